The Labute approximate surface area is 108 Å². The third kappa shape index (κ3) is 5.51. The summed E-state index contributed by atoms with van der Waals surface area (Å²) in [7, 11) is 0. The number of benzene rings is 1. The molecule has 1 unspecified atom stereocenters. The molecule has 1 aromatic carbocycles. The van der Waals surface area contributed by atoms with Crippen molar-refractivity contribution in [2.24, 2.45) is 5.92 Å². The van der Waals surface area contributed by atoms with Gasteiger partial charge in [0.2, 0.25) is 0 Å². The van der Waals surface area contributed by atoms with E-state index in [1.165, 1.54) is 6.07 Å². The molecule has 0 saturated heterocycles. The molecule has 3 heteroatoms. The van der Waals surface area contributed by atoms with Gasteiger partial charge >= 0.3 is 0 Å². The van der Waals surface area contributed by atoms with Gasteiger partial charge in [-0.05, 0) is 56.0 Å². The Kier molecular flexibility index (Phi) is 6.53. The summed E-state index contributed by atoms with van der Waals surface area (Å²) in [5, 5.41) is 3.58. The Morgan fingerprint density at radius 2 is 2.12 bits per heavy atom. The van der Waals surface area contributed by atoms with Gasteiger partial charge in [0, 0.05) is 0 Å². The van der Waals surface area contributed by atoms with Crippen LogP contribution in [-0.4, -0.2) is 13.1 Å². The average Bonchev–Trinajstić information content (AvgIpc) is 2.30. The topological polar surface area (TPSA) is 12.0 Å². The molecular weight excluding hydrogens is 237 g/mol. The van der Waals surface area contributed by atoms with Gasteiger partial charge in [0.05, 0.1) is 5.02 Å². The van der Waals surface area contributed by atoms with Crippen molar-refractivity contribution >= 4 is 11.6 Å². The van der Waals surface area contributed by atoms with Gasteiger partial charge in [-0.1, -0.05) is 31.5 Å². The van der Waals surface area contributed by atoms with Gasteiger partial charge in [0.15, 0.2) is 0 Å². The fourth-order valence-electron chi connectivity index (χ4n) is 1.82. The first-order valence-corrected chi connectivity index (χ1v) is 6.66. The van der Waals surface area contributed by atoms with E-state index in [9.17, 15) is 4.39 Å². The predicted molar refractivity (Wildman–Crippen MR) is 72.1 cm³/mol. The predicted octanol–water partition coefficient (Wildman–Crippen LogP) is 4.05. The molecule has 0 fully saturated rings. The second-order valence-corrected chi connectivity index (χ2v) is 5.00. The molecule has 0 aliphatic rings. The molecule has 0 aromatic heterocycles. The zero-order valence-corrected chi connectivity index (χ0v) is 11.4. The zero-order chi connectivity index (χ0) is 12.7. The Morgan fingerprint density at radius 3 is 2.76 bits per heavy atom. The highest BCUT2D eigenvalue weighted by molar-refractivity contribution is 6.30. The standard InChI is InChI=1S/C14H21ClFN/c1-3-7-17-8-6-11(2)9-12-4-5-13(15)14(16)10-12/h4-5,10-11,17H,3,6-9H2,1-2H3. The molecule has 1 rings (SSSR count). The van der Waals surface area contributed by atoms with Crippen LogP contribution in [0.2, 0.25) is 5.02 Å². The highest BCUT2D eigenvalue weighted by Crippen LogP contribution is 2.18. The molecule has 96 valence electrons. The minimum Gasteiger partial charge on any atom is -0.317 e. The van der Waals surface area contributed by atoms with Crippen molar-refractivity contribution in [1.82, 2.24) is 5.32 Å². The van der Waals surface area contributed by atoms with Gasteiger partial charge in [-0.3, -0.25) is 0 Å². The SMILES string of the molecule is CCCNCCC(C)Cc1ccc(Cl)c(F)c1. The lowest BCUT2D eigenvalue weighted by Crippen LogP contribution is -2.18. The molecule has 0 radical (unpaired) electrons. The van der Waals surface area contributed by atoms with Crippen molar-refractivity contribution in [3.63, 3.8) is 0 Å². The zero-order valence-electron chi connectivity index (χ0n) is 10.6. The van der Waals surface area contributed by atoms with Gasteiger partial charge in [0.1, 0.15) is 5.82 Å². The van der Waals surface area contributed by atoms with Crippen LogP contribution in [0.5, 0.6) is 0 Å². The first-order chi connectivity index (χ1) is 8.13. The summed E-state index contributed by atoms with van der Waals surface area (Å²) < 4.78 is 13.2. The molecule has 0 saturated carbocycles. The van der Waals surface area contributed by atoms with E-state index in [0.29, 0.717) is 5.92 Å². The smallest absolute Gasteiger partial charge is 0.142 e. The molecule has 1 N–H and O–H groups in total. The van der Waals surface area contributed by atoms with Crippen molar-refractivity contribution in [1.29, 1.82) is 0 Å². The van der Waals surface area contributed by atoms with Crippen molar-refractivity contribution < 1.29 is 4.39 Å². The van der Waals surface area contributed by atoms with Gasteiger partial charge in [-0.25, -0.2) is 4.39 Å². The molecule has 0 aliphatic heterocycles. The lowest BCUT2D eigenvalue weighted by atomic mass is 9.98. The average molecular weight is 258 g/mol. The molecule has 1 atom stereocenters. The van der Waals surface area contributed by atoms with Crippen LogP contribution in [0.4, 0.5) is 4.39 Å². The monoisotopic (exact) mass is 257 g/mol. The second kappa shape index (κ2) is 7.67. The van der Waals surface area contributed by atoms with Gasteiger partial charge in [0.25, 0.3) is 0 Å². The summed E-state index contributed by atoms with van der Waals surface area (Å²) in [6.07, 6.45) is 3.18. The molecular formula is C14H21ClFN. The summed E-state index contributed by atoms with van der Waals surface area (Å²) in [6, 6.07) is 5.08. The fraction of sp³-hybridized carbons (Fsp3) is 0.571. The van der Waals surface area contributed by atoms with E-state index in [0.717, 1.165) is 37.9 Å². The fourth-order valence-corrected chi connectivity index (χ4v) is 1.94. The molecule has 0 amide bonds. The summed E-state index contributed by atoms with van der Waals surface area (Å²) in [4.78, 5) is 0. The second-order valence-electron chi connectivity index (χ2n) is 4.60. The van der Waals surface area contributed by atoms with Crippen LogP contribution in [0.25, 0.3) is 0 Å². The van der Waals surface area contributed by atoms with E-state index >= 15 is 0 Å². The van der Waals surface area contributed by atoms with E-state index in [1.807, 2.05) is 6.07 Å². The maximum Gasteiger partial charge on any atom is 0.142 e. The number of nitrogens with one attached hydrogen (secondary N) is 1. The first-order valence-electron chi connectivity index (χ1n) is 6.28. The van der Waals surface area contributed by atoms with Crippen LogP contribution in [0.1, 0.15) is 32.3 Å². The van der Waals surface area contributed by atoms with Crippen molar-refractivity contribution in [2.45, 2.75) is 33.1 Å². The first kappa shape index (κ1) is 14.5. The largest absolute Gasteiger partial charge is 0.317 e. The summed E-state index contributed by atoms with van der Waals surface area (Å²) in [5.74, 6) is 0.236. The van der Waals surface area contributed by atoms with E-state index in [4.69, 9.17) is 11.6 Å². The van der Waals surface area contributed by atoms with E-state index in [-0.39, 0.29) is 10.8 Å². The van der Waals surface area contributed by atoms with Crippen LogP contribution < -0.4 is 5.32 Å². The quantitative estimate of drug-likeness (QED) is 0.727. The molecule has 0 spiro atoms. The molecule has 0 bridgehead atoms. The Balaban J connectivity index is 2.34. The normalized spacial score (nSPS) is 12.7. The highest BCUT2D eigenvalue weighted by Gasteiger charge is 2.06. The number of hydrogen-bond donors (Lipinski definition) is 1. The molecule has 17 heavy (non-hydrogen) atoms. The third-order valence-electron chi connectivity index (χ3n) is 2.81. The lowest BCUT2D eigenvalue weighted by molar-refractivity contribution is 0.497. The van der Waals surface area contributed by atoms with Gasteiger partial charge in [-0.2, -0.15) is 0 Å². The van der Waals surface area contributed by atoms with E-state index in [2.05, 4.69) is 19.2 Å². The highest BCUT2D eigenvalue weighted by atomic mass is 35.5. The number of rotatable bonds is 7. The number of halogens is 2. The maximum atomic E-state index is 13.2. The Hall–Kier alpha value is -0.600. The molecule has 0 aliphatic carbocycles. The Bertz CT molecular complexity index is 341. The van der Waals surface area contributed by atoms with Crippen LogP contribution in [0.3, 0.4) is 0 Å². The van der Waals surface area contributed by atoms with Crippen molar-refractivity contribution in [2.75, 3.05) is 13.1 Å². The molecule has 0 heterocycles. The summed E-state index contributed by atoms with van der Waals surface area (Å²) in [6.45, 7) is 6.46. The lowest BCUT2D eigenvalue weighted by Gasteiger charge is -2.12. The van der Waals surface area contributed by atoms with Crippen LogP contribution in [0, 0.1) is 11.7 Å². The third-order valence-corrected chi connectivity index (χ3v) is 3.12. The minimum atomic E-state index is -0.319. The van der Waals surface area contributed by atoms with Crippen LogP contribution >= 0.6 is 11.6 Å². The van der Waals surface area contributed by atoms with Gasteiger partial charge in [-0.15, -0.1) is 0 Å². The number of hydrogen-bond acceptors (Lipinski definition) is 1. The summed E-state index contributed by atoms with van der Waals surface area (Å²) in [5.41, 5.74) is 1.02. The van der Waals surface area contributed by atoms with E-state index < -0.39 is 0 Å². The van der Waals surface area contributed by atoms with Gasteiger partial charge < -0.3 is 5.32 Å². The van der Waals surface area contributed by atoms with Crippen LogP contribution in [-0.2, 0) is 6.42 Å². The molecule has 1 aromatic rings. The molecule has 1 nitrogen and oxygen atoms in total. The van der Waals surface area contributed by atoms with Crippen molar-refractivity contribution in [3.05, 3.63) is 34.6 Å². The van der Waals surface area contributed by atoms with Crippen LogP contribution in [0.15, 0.2) is 18.2 Å². The Morgan fingerprint density at radius 1 is 1.35 bits per heavy atom. The minimum absolute atomic E-state index is 0.200. The maximum absolute atomic E-state index is 13.2. The summed E-state index contributed by atoms with van der Waals surface area (Å²) >= 11 is 5.65. The van der Waals surface area contributed by atoms with E-state index in [1.54, 1.807) is 6.07 Å². The van der Waals surface area contributed by atoms with Crippen molar-refractivity contribution in [3.8, 4) is 0 Å².